The lowest BCUT2D eigenvalue weighted by Crippen LogP contribution is -2.34. The van der Waals surface area contributed by atoms with Crippen LogP contribution in [0.4, 0.5) is 0 Å². The maximum atomic E-state index is 12.8. The van der Waals surface area contributed by atoms with Crippen LogP contribution < -0.4 is 10.1 Å². The van der Waals surface area contributed by atoms with E-state index in [-0.39, 0.29) is 11.9 Å². The van der Waals surface area contributed by atoms with Gasteiger partial charge < -0.3 is 15.0 Å². The van der Waals surface area contributed by atoms with Gasteiger partial charge in [-0.2, -0.15) is 0 Å². The summed E-state index contributed by atoms with van der Waals surface area (Å²) in [6, 6.07) is 17.8. The van der Waals surface area contributed by atoms with Gasteiger partial charge in [-0.15, -0.1) is 11.3 Å². The van der Waals surface area contributed by atoms with Gasteiger partial charge in [-0.25, -0.2) is 4.98 Å². The minimum absolute atomic E-state index is 0.00178. The van der Waals surface area contributed by atoms with Crippen molar-refractivity contribution in [2.24, 2.45) is 0 Å². The van der Waals surface area contributed by atoms with Crippen molar-refractivity contribution in [2.75, 3.05) is 27.7 Å². The van der Waals surface area contributed by atoms with Crippen LogP contribution in [0, 0.1) is 6.92 Å². The molecule has 1 heterocycles. The molecule has 0 fully saturated rings. The molecule has 0 aliphatic heterocycles. The number of aromatic nitrogens is 1. The van der Waals surface area contributed by atoms with Gasteiger partial charge in [0.05, 0.1) is 18.8 Å². The number of likely N-dealkylation sites (N-methyl/N-ethyl adjacent to an activating group) is 1. The molecule has 1 N–H and O–H groups in total. The summed E-state index contributed by atoms with van der Waals surface area (Å²) in [6.07, 6.45) is 0. The van der Waals surface area contributed by atoms with Gasteiger partial charge in [-0.05, 0) is 27.1 Å². The molecule has 0 spiro atoms. The number of carbonyl (C=O) groups is 1. The number of hydrogen-bond acceptors (Lipinski definition) is 5. The van der Waals surface area contributed by atoms with Crippen molar-refractivity contribution in [1.82, 2.24) is 15.2 Å². The largest absolute Gasteiger partial charge is 0.496 e. The van der Waals surface area contributed by atoms with Crippen LogP contribution in [0.2, 0.25) is 0 Å². The third-order valence-electron chi connectivity index (χ3n) is 4.60. The van der Waals surface area contributed by atoms with Gasteiger partial charge >= 0.3 is 0 Å². The third kappa shape index (κ3) is 4.40. The molecule has 146 valence electrons. The second-order valence-corrected chi connectivity index (χ2v) is 7.73. The maximum absolute atomic E-state index is 12.8. The Bertz CT molecular complexity index is 938. The molecule has 1 aromatic heterocycles. The van der Waals surface area contributed by atoms with E-state index in [1.54, 1.807) is 7.11 Å². The summed E-state index contributed by atoms with van der Waals surface area (Å²) in [5.41, 5.74) is 2.82. The van der Waals surface area contributed by atoms with Crippen molar-refractivity contribution in [3.63, 3.8) is 0 Å². The van der Waals surface area contributed by atoms with Gasteiger partial charge in [-0.3, -0.25) is 4.79 Å². The molecule has 3 aromatic rings. The zero-order chi connectivity index (χ0) is 20.1. The number of ether oxygens (including phenoxy) is 1. The number of carbonyl (C=O) groups excluding carboxylic acids is 1. The molecule has 5 nitrogen and oxygen atoms in total. The summed E-state index contributed by atoms with van der Waals surface area (Å²) in [5, 5.41) is 3.93. The predicted octanol–water partition coefficient (Wildman–Crippen LogP) is 4.16. The van der Waals surface area contributed by atoms with E-state index in [9.17, 15) is 4.79 Å². The van der Waals surface area contributed by atoms with E-state index in [1.807, 2.05) is 75.6 Å². The first-order valence-electron chi connectivity index (χ1n) is 9.11. The third-order valence-corrected chi connectivity index (χ3v) is 5.81. The molecule has 0 saturated carbocycles. The van der Waals surface area contributed by atoms with Gasteiger partial charge in [0.25, 0.3) is 5.91 Å². The van der Waals surface area contributed by atoms with Gasteiger partial charge in [0.15, 0.2) is 0 Å². The first-order chi connectivity index (χ1) is 13.5. The maximum Gasteiger partial charge on any atom is 0.263 e. The van der Waals surface area contributed by atoms with Crippen LogP contribution in [0.3, 0.4) is 0 Å². The highest BCUT2D eigenvalue weighted by Gasteiger charge is 2.21. The van der Waals surface area contributed by atoms with Crippen molar-refractivity contribution in [2.45, 2.75) is 13.0 Å². The average Bonchev–Trinajstić information content (AvgIpc) is 3.10. The Kier molecular flexibility index (Phi) is 6.44. The summed E-state index contributed by atoms with van der Waals surface area (Å²) in [4.78, 5) is 20.1. The molecule has 28 heavy (non-hydrogen) atoms. The molecular weight excluding hydrogens is 370 g/mol. The van der Waals surface area contributed by atoms with E-state index in [2.05, 4.69) is 15.2 Å². The van der Waals surface area contributed by atoms with Gasteiger partial charge in [-0.1, -0.05) is 48.5 Å². The van der Waals surface area contributed by atoms with Gasteiger partial charge in [0.2, 0.25) is 0 Å². The van der Waals surface area contributed by atoms with Crippen LogP contribution in [0.15, 0.2) is 54.6 Å². The number of aryl methyl sites for hydroxylation is 1. The van der Waals surface area contributed by atoms with Crippen LogP contribution in [-0.4, -0.2) is 43.5 Å². The molecule has 3 rings (SSSR count). The van der Waals surface area contributed by atoms with Crippen molar-refractivity contribution in [3.8, 4) is 16.3 Å². The predicted molar refractivity (Wildman–Crippen MR) is 114 cm³/mol. The summed E-state index contributed by atoms with van der Waals surface area (Å²) < 4.78 is 5.49. The Morgan fingerprint density at radius 2 is 1.82 bits per heavy atom. The van der Waals surface area contributed by atoms with E-state index in [0.29, 0.717) is 11.4 Å². The van der Waals surface area contributed by atoms with Crippen LogP contribution in [0.25, 0.3) is 10.6 Å². The monoisotopic (exact) mass is 395 g/mol. The molecule has 1 unspecified atom stereocenters. The first kappa shape index (κ1) is 20.0. The summed E-state index contributed by atoms with van der Waals surface area (Å²) >= 11 is 1.42. The van der Waals surface area contributed by atoms with E-state index in [0.717, 1.165) is 27.6 Å². The summed E-state index contributed by atoms with van der Waals surface area (Å²) in [5.74, 6) is 0.717. The van der Waals surface area contributed by atoms with Crippen LogP contribution >= 0.6 is 11.3 Å². The molecular formula is C22H25N3O2S. The molecule has 6 heteroatoms. The minimum Gasteiger partial charge on any atom is -0.496 e. The van der Waals surface area contributed by atoms with Crippen molar-refractivity contribution in [3.05, 3.63) is 70.7 Å². The summed E-state index contributed by atoms with van der Waals surface area (Å²) in [7, 11) is 5.65. The second-order valence-electron chi connectivity index (χ2n) is 6.73. The number of para-hydroxylation sites is 1. The number of methoxy groups -OCH3 is 1. The normalized spacial score (nSPS) is 12.0. The molecule has 2 aromatic carbocycles. The van der Waals surface area contributed by atoms with Crippen molar-refractivity contribution >= 4 is 17.2 Å². The average molecular weight is 396 g/mol. The SMILES string of the molecule is COc1ccccc1C(CNC(=O)c1sc(-c2ccccc2)nc1C)N(C)C. The first-order valence-corrected chi connectivity index (χ1v) is 9.93. The highest BCUT2D eigenvalue weighted by molar-refractivity contribution is 7.17. The number of nitrogens with zero attached hydrogens (tertiary/aromatic N) is 2. The molecule has 0 saturated heterocycles. The Morgan fingerprint density at radius 3 is 2.50 bits per heavy atom. The molecule has 1 amide bonds. The van der Waals surface area contributed by atoms with Gasteiger partial charge in [0, 0.05) is 17.7 Å². The van der Waals surface area contributed by atoms with E-state index >= 15 is 0 Å². The quantitative estimate of drug-likeness (QED) is 0.653. The number of amides is 1. The summed E-state index contributed by atoms with van der Waals surface area (Å²) in [6.45, 7) is 2.35. The Balaban J connectivity index is 1.76. The molecule has 0 aliphatic carbocycles. The highest BCUT2D eigenvalue weighted by atomic mass is 32.1. The van der Waals surface area contributed by atoms with E-state index in [4.69, 9.17) is 4.74 Å². The number of benzene rings is 2. The number of thiazole rings is 1. The molecule has 0 radical (unpaired) electrons. The lowest BCUT2D eigenvalue weighted by atomic mass is 10.0. The Hall–Kier alpha value is -2.70. The van der Waals surface area contributed by atoms with E-state index < -0.39 is 0 Å². The van der Waals surface area contributed by atoms with Gasteiger partial charge in [0.1, 0.15) is 15.6 Å². The topological polar surface area (TPSA) is 54.5 Å². The number of nitrogens with one attached hydrogen (secondary N) is 1. The Morgan fingerprint density at radius 1 is 1.14 bits per heavy atom. The lowest BCUT2D eigenvalue weighted by molar-refractivity contribution is 0.0944. The van der Waals surface area contributed by atoms with Crippen LogP contribution in [-0.2, 0) is 0 Å². The minimum atomic E-state index is -0.0982. The van der Waals surface area contributed by atoms with Crippen LogP contribution in [0.5, 0.6) is 5.75 Å². The zero-order valence-electron chi connectivity index (χ0n) is 16.6. The van der Waals surface area contributed by atoms with Crippen molar-refractivity contribution < 1.29 is 9.53 Å². The fraction of sp³-hybridized carbons (Fsp3) is 0.273. The van der Waals surface area contributed by atoms with Crippen LogP contribution in [0.1, 0.15) is 27.0 Å². The fourth-order valence-electron chi connectivity index (χ4n) is 3.09. The lowest BCUT2D eigenvalue weighted by Gasteiger charge is -2.26. The van der Waals surface area contributed by atoms with Crippen molar-refractivity contribution in [1.29, 1.82) is 0 Å². The zero-order valence-corrected chi connectivity index (χ0v) is 17.4. The Labute approximate surface area is 170 Å². The second kappa shape index (κ2) is 8.99. The molecule has 1 atom stereocenters. The number of rotatable bonds is 7. The standard InChI is InChI=1S/C22H25N3O2S/c1-15-20(28-22(24-15)16-10-6-5-7-11-16)21(26)23-14-18(25(2)3)17-12-8-9-13-19(17)27-4/h5-13,18H,14H2,1-4H3,(H,23,26). The fourth-order valence-corrected chi connectivity index (χ4v) is 4.08. The molecule has 0 aliphatic rings. The van der Waals surface area contributed by atoms with E-state index in [1.165, 1.54) is 11.3 Å². The number of hydrogen-bond donors (Lipinski definition) is 1. The highest BCUT2D eigenvalue weighted by Crippen LogP contribution is 2.29. The molecule has 0 bridgehead atoms. The smallest absolute Gasteiger partial charge is 0.263 e.